The Labute approximate surface area is 239 Å². The molecule has 218 valence electrons. The molecule has 4 heterocycles. The van der Waals surface area contributed by atoms with Gasteiger partial charge in [0.2, 0.25) is 16.0 Å². The molecule has 0 aliphatic carbocycles. The molecule has 3 aromatic rings. The maximum Gasteiger partial charge on any atom is 0.232 e. The Morgan fingerprint density at radius 1 is 1.22 bits per heavy atom. The number of allylic oxidation sites excluding steroid dienone is 3. The Kier molecular flexibility index (Phi) is 8.23. The molecular formula is C29H35F2N7O2S. The van der Waals surface area contributed by atoms with Gasteiger partial charge in [-0.15, -0.1) is 0 Å². The Balaban J connectivity index is 1.69. The number of sulfonamides is 1. The lowest BCUT2D eigenvalue weighted by molar-refractivity contribution is 0.440. The molecule has 0 spiro atoms. The highest BCUT2D eigenvalue weighted by Gasteiger charge is 2.25. The SMILES string of the molecule is CCCS(=O)(=O)Nc1ccc(F)c(-n2cc(C3=CN=CC(C)C(C)=C3)c3nc(N(C)C4CCNCC4)ncc32)c1F. The van der Waals surface area contributed by atoms with Gasteiger partial charge in [0.05, 0.1) is 23.2 Å². The van der Waals surface area contributed by atoms with E-state index in [2.05, 4.69) is 24.9 Å². The van der Waals surface area contributed by atoms with Gasteiger partial charge in [0.1, 0.15) is 17.0 Å². The van der Waals surface area contributed by atoms with Gasteiger partial charge in [0.15, 0.2) is 5.82 Å². The summed E-state index contributed by atoms with van der Waals surface area (Å²) in [6, 6.07) is 2.40. The van der Waals surface area contributed by atoms with Crippen molar-refractivity contribution in [1.82, 2.24) is 19.9 Å². The van der Waals surface area contributed by atoms with Crippen LogP contribution in [0.1, 0.15) is 45.6 Å². The molecule has 9 nitrogen and oxygen atoms in total. The maximum absolute atomic E-state index is 15.9. The summed E-state index contributed by atoms with van der Waals surface area (Å²) in [5.74, 6) is -1.44. The van der Waals surface area contributed by atoms with Crippen LogP contribution in [0, 0.1) is 17.6 Å². The lowest BCUT2D eigenvalue weighted by Gasteiger charge is -2.31. The fraction of sp³-hybridized carbons (Fsp3) is 0.414. The van der Waals surface area contributed by atoms with E-state index in [1.807, 2.05) is 33.2 Å². The van der Waals surface area contributed by atoms with E-state index in [1.54, 1.807) is 25.5 Å². The third-order valence-electron chi connectivity index (χ3n) is 7.68. The van der Waals surface area contributed by atoms with Crippen LogP contribution in [-0.4, -0.2) is 61.1 Å². The van der Waals surface area contributed by atoms with Crippen molar-refractivity contribution in [1.29, 1.82) is 0 Å². The standard InChI is InChI=1S/C29H35F2N7O2S/c1-5-12-41(39,40)36-24-7-6-23(30)28(26(24)31)38-17-22(20-13-18(2)19(3)14-33-15-20)27-25(38)16-34-29(35-27)37(4)21-8-10-32-11-9-21/h6-7,13-17,19,21,32,36H,5,8-12H2,1-4H3. The predicted octanol–water partition coefficient (Wildman–Crippen LogP) is 5.05. The van der Waals surface area contributed by atoms with Crippen molar-refractivity contribution in [2.24, 2.45) is 10.9 Å². The molecule has 12 heteroatoms. The van der Waals surface area contributed by atoms with Crippen LogP contribution >= 0.6 is 0 Å². The summed E-state index contributed by atoms with van der Waals surface area (Å²) in [6.07, 6.45) is 11.0. The summed E-state index contributed by atoms with van der Waals surface area (Å²) in [7, 11) is -1.85. The monoisotopic (exact) mass is 583 g/mol. The molecule has 2 aliphatic heterocycles. The van der Waals surface area contributed by atoms with Crippen LogP contribution in [0.5, 0.6) is 0 Å². The third-order valence-corrected chi connectivity index (χ3v) is 9.16. The van der Waals surface area contributed by atoms with Crippen LogP contribution in [0.3, 0.4) is 0 Å². The summed E-state index contributed by atoms with van der Waals surface area (Å²) in [4.78, 5) is 16.0. The first-order valence-corrected chi connectivity index (χ1v) is 15.5. The minimum Gasteiger partial charge on any atom is -0.341 e. The van der Waals surface area contributed by atoms with Gasteiger partial charge in [-0.1, -0.05) is 25.5 Å². The first-order valence-electron chi connectivity index (χ1n) is 13.8. The molecule has 2 aliphatic rings. The molecule has 0 radical (unpaired) electrons. The van der Waals surface area contributed by atoms with Gasteiger partial charge in [-0.3, -0.25) is 9.71 Å². The Hall–Kier alpha value is -3.64. The van der Waals surface area contributed by atoms with Crippen molar-refractivity contribution in [3.63, 3.8) is 0 Å². The van der Waals surface area contributed by atoms with E-state index in [0.29, 0.717) is 29.0 Å². The maximum atomic E-state index is 15.9. The molecule has 0 amide bonds. The van der Waals surface area contributed by atoms with Gasteiger partial charge in [0.25, 0.3) is 0 Å². The lowest BCUT2D eigenvalue weighted by Crippen LogP contribution is -2.41. The Bertz CT molecular complexity index is 1660. The van der Waals surface area contributed by atoms with E-state index >= 15 is 8.78 Å². The number of benzene rings is 1. The number of aromatic nitrogens is 3. The zero-order valence-corrected chi connectivity index (χ0v) is 24.5. The highest BCUT2D eigenvalue weighted by molar-refractivity contribution is 7.92. The molecule has 1 fully saturated rings. The Morgan fingerprint density at radius 2 is 1.98 bits per heavy atom. The van der Waals surface area contributed by atoms with Gasteiger partial charge >= 0.3 is 0 Å². The molecular weight excluding hydrogens is 548 g/mol. The number of aliphatic imine (C=N–C) groups is 1. The topological polar surface area (TPSA) is 105 Å². The van der Waals surface area contributed by atoms with E-state index in [9.17, 15) is 8.42 Å². The zero-order chi connectivity index (χ0) is 29.3. The average molecular weight is 584 g/mol. The summed E-state index contributed by atoms with van der Waals surface area (Å²) in [6.45, 7) is 7.57. The average Bonchev–Trinajstić information content (AvgIpc) is 3.23. The predicted molar refractivity (Wildman–Crippen MR) is 160 cm³/mol. The number of nitrogens with zero attached hydrogens (tertiary/aromatic N) is 5. The van der Waals surface area contributed by atoms with E-state index < -0.39 is 27.3 Å². The summed E-state index contributed by atoms with van der Waals surface area (Å²) >= 11 is 0. The second kappa shape index (κ2) is 11.7. The largest absolute Gasteiger partial charge is 0.341 e. The van der Waals surface area contributed by atoms with Crippen LogP contribution in [0.15, 0.2) is 47.4 Å². The van der Waals surface area contributed by atoms with E-state index in [1.165, 1.54) is 4.57 Å². The fourth-order valence-electron chi connectivity index (χ4n) is 5.18. The minimum atomic E-state index is -3.80. The first-order chi connectivity index (χ1) is 19.6. The fourth-order valence-corrected chi connectivity index (χ4v) is 6.32. The number of fused-ring (bicyclic) bond motifs is 1. The van der Waals surface area contributed by atoms with Crippen LogP contribution in [-0.2, 0) is 10.0 Å². The molecule has 1 atom stereocenters. The van der Waals surface area contributed by atoms with Crippen LogP contribution in [0.25, 0.3) is 22.3 Å². The molecule has 1 aromatic carbocycles. The molecule has 5 rings (SSSR count). The summed E-state index contributed by atoms with van der Waals surface area (Å²) < 4.78 is 59.7. The summed E-state index contributed by atoms with van der Waals surface area (Å²) in [5.41, 5.74) is 2.57. The molecule has 0 bridgehead atoms. The van der Waals surface area contributed by atoms with Crippen LogP contribution < -0.4 is 14.9 Å². The molecule has 1 unspecified atom stereocenters. The van der Waals surface area contributed by atoms with Crippen LogP contribution in [0.4, 0.5) is 20.4 Å². The number of piperidine rings is 1. The van der Waals surface area contributed by atoms with Crippen molar-refractivity contribution < 1.29 is 17.2 Å². The first kappa shape index (κ1) is 28.9. The molecule has 2 N–H and O–H groups in total. The normalized spacial score (nSPS) is 18.2. The van der Waals surface area contributed by atoms with Crippen molar-refractivity contribution in [2.45, 2.75) is 46.1 Å². The quantitative estimate of drug-likeness (QED) is 0.385. The molecule has 2 aromatic heterocycles. The second-order valence-electron chi connectivity index (χ2n) is 10.6. The molecule has 41 heavy (non-hydrogen) atoms. The van der Waals surface area contributed by atoms with E-state index in [0.717, 1.165) is 49.2 Å². The number of hydrogen-bond acceptors (Lipinski definition) is 7. The second-order valence-corrected chi connectivity index (χ2v) is 12.5. The van der Waals surface area contributed by atoms with Gasteiger partial charge in [-0.2, -0.15) is 0 Å². The highest BCUT2D eigenvalue weighted by atomic mass is 32.2. The number of anilines is 2. The van der Waals surface area contributed by atoms with Gasteiger partial charge in [0, 0.05) is 48.8 Å². The zero-order valence-electron chi connectivity index (χ0n) is 23.7. The van der Waals surface area contributed by atoms with Crippen LogP contribution in [0.2, 0.25) is 0 Å². The lowest BCUT2D eigenvalue weighted by atomic mass is 10.00. The molecule has 0 saturated carbocycles. The van der Waals surface area contributed by atoms with E-state index in [4.69, 9.17) is 4.98 Å². The van der Waals surface area contributed by atoms with Crippen molar-refractivity contribution in [2.75, 3.05) is 35.5 Å². The highest BCUT2D eigenvalue weighted by Crippen LogP contribution is 2.35. The number of rotatable bonds is 8. The van der Waals surface area contributed by atoms with Crippen molar-refractivity contribution in [3.05, 3.63) is 59.6 Å². The van der Waals surface area contributed by atoms with Gasteiger partial charge in [-0.25, -0.2) is 27.2 Å². The van der Waals surface area contributed by atoms with Gasteiger partial charge < -0.3 is 14.8 Å². The van der Waals surface area contributed by atoms with E-state index in [-0.39, 0.29) is 23.4 Å². The summed E-state index contributed by atoms with van der Waals surface area (Å²) in [5, 5.41) is 3.36. The van der Waals surface area contributed by atoms with Crippen molar-refractivity contribution >= 4 is 44.5 Å². The van der Waals surface area contributed by atoms with Crippen molar-refractivity contribution in [3.8, 4) is 5.69 Å². The minimum absolute atomic E-state index is 0.121. The number of nitrogens with one attached hydrogen (secondary N) is 2. The van der Waals surface area contributed by atoms with Gasteiger partial charge in [-0.05, 0) is 51.4 Å². The molecule has 1 saturated heterocycles. The Morgan fingerprint density at radius 3 is 2.71 bits per heavy atom. The number of hydrogen-bond donors (Lipinski definition) is 2. The smallest absolute Gasteiger partial charge is 0.232 e. The third kappa shape index (κ3) is 5.89. The number of halogens is 2.